The van der Waals surface area contributed by atoms with Crippen LogP contribution in [0.4, 0.5) is 15.3 Å². The summed E-state index contributed by atoms with van der Waals surface area (Å²) < 4.78 is 10.7. The molecule has 1 aromatic carbocycles. The molecule has 0 atom stereocenters. The van der Waals surface area contributed by atoms with E-state index in [4.69, 9.17) is 23.2 Å². The molecule has 37 heavy (non-hydrogen) atoms. The zero-order valence-corrected chi connectivity index (χ0v) is 22.9. The zero-order valence-electron chi connectivity index (χ0n) is 19.8. The van der Waals surface area contributed by atoms with Crippen molar-refractivity contribution < 1.29 is 28.7 Å². The lowest BCUT2D eigenvalue weighted by molar-refractivity contribution is 0.00732. The fourth-order valence-corrected chi connectivity index (χ4v) is 4.07. The Kier molecular flexibility index (Phi) is 8.73. The monoisotopic (exact) mass is 612 g/mol. The first-order valence-electron chi connectivity index (χ1n) is 10.2. The molecule has 0 bridgehead atoms. The van der Waals surface area contributed by atoms with Gasteiger partial charge in [-0.15, -0.1) is 5.01 Å². The number of methoxy groups -OCH3 is 2. The van der Waals surface area contributed by atoms with Crippen LogP contribution in [0, 0.1) is 6.92 Å². The van der Waals surface area contributed by atoms with Gasteiger partial charge in [0.1, 0.15) is 10.3 Å². The number of halogens is 3. The van der Waals surface area contributed by atoms with Gasteiger partial charge in [0.25, 0.3) is 11.8 Å². The van der Waals surface area contributed by atoms with Gasteiger partial charge in [-0.25, -0.2) is 24.3 Å². The second kappa shape index (κ2) is 11.6. The molecule has 2 heterocycles. The number of rotatable bonds is 4. The number of ether oxygens (including phenoxy) is 2. The van der Waals surface area contributed by atoms with E-state index in [-0.39, 0.29) is 32.8 Å². The van der Waals surface area contributed by atoms with E-state index in [1.165, 1.54) is 29.1 Å². The Hall–Kier alpha value is -3.68. The average molecular weight is 614 g/mol. The molecule has 1 N–H and O–H groups in total. The molecule has 0 fully saturated rings. The van der Waals surface area contributed by atoms with Gasteiger partial charge in [0.15, 0.2) is 5.82 Å². The summed E-state index contributed by atoms with van der Waals surface area (Å²) in [4.78, 5) is 55.3. The van der Waals surface area contributed by atoms with Gasteiger partial charge in [-0.2, -0.15) is 5.10 Å². The smallest absolute Gasteiger partial charge is 0.438 e. The van der Waals surface area contributed by atoms with Crippen LogP contribution in [-0.4, -0.2) is 70.1 Å². The molecule has 0 aliphatic carbocycles. The van der Waals surface area contributed by atoms with E-state index in [0.717, 1.165) is 21.3 Å². The van der Waals surface area contributed by atoms with Gasteiger partial charge in [0.05, 0.1) is 30.5 Å². The number of nitrogens with one attached hydrogen (secondary N) is 1. The van der Waals surface area contributed by atoms with Crippen LogP contribution in [0.2, 0.25) is 10.0 Å². The average Bonchev–Trinajstić information content (AvgIpc) is 3.26. The molecule has 2 aromatic heterocycles. The maximum Gasteiger partial charge on any atom is 0.438 e. The van der Waals surface area contributed by atoms with Crippen molar-refractivity contribution in [2.75, 3.05) is 26.6 Å². The summed E-state index contributed by atoms with van der Waals surface area (Å²) in [6.07, 6.45) is -0.857. The quantitative estimate of drug-likeness (QED) is 0.418. The summed E-state index contributed by atoms with van der Waals surface area (Å²) >= 11 is 15.7. The molecule has 0 radical (unpaired) electrons. The minimum absolute atomic E-state index is 0.0410. The summed E-state index contributed by atoms with van der Waals surface area (Å²) in [6.45, 7) is 1.61. The van der Waals surface area contributed by atoms with Crippen LogP contribution in [0.25, 0.3) is 5.82 Å². The van der Waals surface area contributed by atoms with Crippen LogP contribution in [0.5, 0.6) is 0 Å². The normalized spacial score (nSPS) is 10.5. The molecule has 0 unspecified atom stereocenters. The Balaban J connectivity index is 2.05. The van der Waals surface area contributed by atoms with Crippen LogP contribution in [0.15, 0.2) is 41.1 Å². The zero-order chi connectivity index (χ0) is 27.4. The van der Waals surface area contributed by atoms with Crippen LogP contribution in [0.1, 0.15) is 26.4 Å². The first kappa shape index (κ1) is 27.9. The molecule has 15 heteroatoms. The third-order valence-corrected chi connectivity index (χ3v) is 5.81. The molecule has 194 valence electrons. The van der Waals surface area contributed by atoms with E-state index < -0.39 is 24.0 Å². The highest BCUT2D eigenvalue weighted by Crippen LogP contribution is 2.29. The van der Waals surface area contributed by atoms with Crippen LogP contribution >= 0.6 is 39.1 Å². The number of hydrogen-bond donors (Lipinski definition) is 1. The maximum atomic E-state index is 13.4. The third kappa shape index (κ3) is 5.84. The minimum Gasteiger partial charge on any atom is -0.451 e. The second-order valence-electron chi connectivity index (χ2n) is 7.25. The minimum atomic E-state index is -1.17. The van der Waals surface area contributed by atoms with E-state index in [9.17, 15) is 19.2 Å². The van der Waals surface area contributed by atoms with Gasteiger partial charge in [-0.1, -0.05) is 23.2 Å². The van der Waals surface area contributed by atoms with Crippen molar-refractivity contribution in [1.29, 1.82) is 0 Å². The van der Waals surface area contributed by atoms with Crippen molar-refractivity contribution in [2.24, 2.45) is 0 Å². The lowest BCUT2D eigenvalue weighted by atomic mass is 10.1. The number of carbonyl (C=O) groups excluding carboxylic acids is 4. The number of imide groups is 1. The van der Waals surface area contributed by atoms with Crippen molar-refractivity contribution in [3.05, 3.63) is 68.0 Å². The number of pyridine rings is 1. The number of anilines is 1. The van der Waals surface area contributed by atoms with E-state index in [0.29, 0.717) is 20.2 Å². The van der Waals surface area contributed by atoms with Crippen molar-refractivity contribution in [1.82, 2.24) is 24.8 Å². The van der Waals surface area contributed by atoms with Gasteiger partial charge >= 0.3 is 12.2 Å². The van der Waals surface area contributed by atoms with Gasteiger partial charge in [-0.05, 0) is 52.7 Å². The molecule has 3 rings (SSSR count). The Bertz CT molecular complexity index is 1380. The second-order valence-corrected chi connectivity index (χ2v) is 8.91. The first-order valence-corrected chi connectivity index (χ1v) is 11.8. The van der Waals surface area contributed by atoms with E-state index >= 15 is 0 Å². The van der Waals surface area contributed by atoms with E-state index in [2.05, 4.69) is 40.8 Å². The predicted octanol–water partition coefficient (Wildman–Crippen LogP) is 4.72. The fraction of sp³-hybridized carbons (Fsp3) is 0.182. The van der Waals surface area contributed by atoms with Gasteiger partial charge in [0, 0.05) is 24.3 Å². The lowest BCUT2D eigenvalue weighted by Crippen LogP contribution is -2.51. The van der Waals surface area contributed by atoms with Gasteiger partial charge in [-0.3, -0.25) is 9.59 Å². The largest absolute Gasteiger partial charge is 0.451 e. The van der Waals surface area contributed by atoms with Crippen molar-refractivity contribution in [3.8, 4) is 5.82 Å². The molecule has 4 amide bonds. The molecule has 0 spiro atoms. The number of amides is 4. The number of aromatic nitrogens is 3. The van der Waals surface area contributed by atoms with E-state index in [1.54, 1.807) is 19.1 Å². The number of aryl methyl sites for hydroxylation is 1. The molecule has 0 saturated carbocycles. The lowest BCUT2D eigenvalue weighted by Gasteiger charge is -2.28. The predicted molar refractivity (Wildman–Crippen MR) is 137 cm³/mol. The van der Waals surface area contributed by atoms with Crippen LogP contribution < -0.4 is 5.32 Å². The Morgan fingerprint density at radius 2 is 1.73 bits per heavy atom. The first-order chi connectivity index (χ1) is 17.5. The Morgan fingerprint density at radius 1 is 1.08 bits per heavy atom. The third-order valence-electron chi connectivity index (χ3n) is 4.91. The summed E-state index contributed by atoms with van der Waals surface area (Å²) in [7, 11) is 3.20. The summed E-state index contributed by atoms with van der Waals surface area (Å²) in [5.74, 6) is -1.34. The highest BCUT2D eigenvalue weighted by atomic mass is 79.9. The fourth-order valence-electron chi connectivity index (χ4n) is 3.22. The van der Waals surface area contributed by atoms with Crippen molar-refractivity contribution in [2.45, 2.75) is 6.92 Å². The Labute approximate surface area is 229 Å². The van der Waals surface area contributed by atoms with Crippen molar-refractivity contribution in [3.63, 3.8) is 0 Å². The highest BCUT2D eigenvalue weighted by Gasteiger charge is 2.33. The number of hydrazine groups is 1. The number of hydrogen-bond acceptors (Lipinski definition) is 8. The SMILES string of the molecule is COC(=O)N(C(=O)OC)N(C)C(=O)c1cc(Cl)cc(C)c1NC(=O)c1cc(Br)nn1-c1ncccc1Cl. The standard InChI is InChI=1S/C22H19BrCl2N6O6/c1-11-8-12(24)9-13(20(33)29(2)31(21(34)36-3)22(35)37-4)17(11)27-19(32)15-10-16(23)28-30(15)18-14(25)6-5-7-26-18/h5-10H,1-4H3,(H,27,32). The number of carbonyl (C=O) groups is 4. The highest BCUT2D eigenvalue weighted by molar-refractivity contribution is 9.10. The number of benzene rings is 1. The Morgan fingerprint density at radius 3 is 2.32 bits per heavy atom. The topological polar surface area (TPSA) is 136 Å². The molecule has 0 aliphatic heterocycles. The molecular weight excluding hydrogens is 595 g/mol. The maximum absolute atomic E-state index is 13.4. The number of nitrogens with zero attached hydrogens (tertiary/aromatic N) is 5. The summed E-state index contributed by atoms with van der Waals surface area (Å²) in [6, 6.07) is 7.45. The van der Waals surface area contributed by atoms with Gasteiger partial charge in [0.2, 0.25) is 0 Å². The van der Waals surface area contributed by atoms with E-state index in [1.807, 2.05) is 0 Å². The molecule has 0 saturated heterocycles. The van der Waals surface area contributed by atoms with Crippen molar-refractivity contribution >= 4 is 68.8 Å². The molecule has 12 nitrogen and oxygen atoms in total. The van der Waals surface area contributed by atoms with Crippen LogP contribution in [-0.2, 0) is 9.47 Å². The summed E-state index contributed by atoms with van der Waals surface area (Å²) in [5, 5.41) is 8.34. The molecule has 3 aromatic rings. The molecular formula is C22H19BrCl2N6O6. The molecule has 0 aliphatic rings. The van der Waals surface area contributed by atoms with Gasteiger partial charge < -0.3 is 14.8 Å². The summed E-state index contributed by atoms with van der Waals surface area (Å²) in [5.41, 5.74) is 0.400. The van der Waals surface area contributed by atoms with Crippen LogP contribution in [0.3, 0.4) is 0 Å².